The fourth-order valence-corrected chi connectivity index (χ4v) is 3.26. The number of carbonyl (C=O) groups is 2. The van der Waals surface area contributed by atoms with Gasteiger partial charge in [-0.3, -0.25) is 9.59 Å². The molecule has 0 amide bonds. The molecule has 1 aliphatic heterocycles. The van der Waals surface area contributed by atoms with Crippen LogP contribution in [0.4, 0.5) is 0 Å². The second-order valence-electron chi connectivity index (χ2n) is 8.18. The van der Waals surface area contributed by atoms with Crippen molar-refractivity contribution in [3.8, 4) is 0 Å². The monoisotopic (exact) mass is 434 g/mol. The van der Waals surface area contributed by atoms with E-state index < -0.39 is 116 Å². The molecule has 0 radical (unpaired) electrons. The lowest BCUT2D eigenvalue weighted by atomic mass is 9.65. The number of fused-ring (bicyclic) bond motifs is 1. The van der Waals surface area contributed by atoms with Gasteiger partial charge in [-0.2, -0.15) is 0 Å². The van der Waals surface area contributed by atoms with Crippen molar-refractivity contribution in [3.63, 3.8) is 0 Å². The molecule has 0 saturated carbocycles. The average Bonchev–Trinajstić information content (AvgIpc) is 2.90. The minimum Gasteiger partial charge on any atom is -0.462 e. The molecule has 1 fully saturated rings. The van der Waals surface area contributed by atoms with Crippen molar-refractivity contribution in [2.45, 2.75) is 91.2 Å². The van der Waals surface area contributed by atoms with E-state index in [9.17, 15) is 18.8 Å². The zero-order valence-corrected chi connectivity index (χ0v) is 17.3. The van der Waals surface area contributed by atoms with Crippen molar-refractivity contribution >= 4 is 11.9 Å². The maximum Gasteiger partial charge on any atom is 0.311 e. The maximum absolute atomic E-state index is 13.6. The molecule has 5 heteroatoms. The molecule has 1 unspecified atom stereocenters. The predicted molar refractivity (Wildman–Crippen MR) is 115 cm³/mol. The molecule has 30 heavy (non-hydrogen) atoms. The summed E-state index contributed by atoms with van der Waals surface area (Å²) in [6.45, 7) is -3.55. The highest BCUT2D eigenvalue weighted by atomic mass is 16.6. The van der Waals surface area contributed by atoms with Gasteiger partial charge in [0.2, 0.25) is 0 Å². The van der Waals surface area contributed by atoms with Gasteiger partial charge in [0.1, 0.15) is 12.2 Å². The molecule has 7 atom stereocenters. The second kappa shape index (κ2) is 9.25. The molecule has 168 valence electrons. The molecule has 5 nitrogen and oxygen atoms in total. The summed E-state index contributed by atoms with van der Waals surface area (Å²) in [6.07, 6.45) is -13.1. The number of aliphatic hydroxyl groups excluding tert-OH is 1. The van der Waals surface area contributed by atoms with Gasteiger partial charge in [0.15, 0.2) is 0 Å². The molecule has 0 aromatic carbocycles. The predicted octanol–water partition coefficient (Wildman–Crippen LogP) is 4.59. The largest absolute Gasteiger partial charge is 0.462 e. The Labute approximate surface area is 203 Å². The Kier molecular flexibility index (Phi) is 3.05. The van der Waals surface area contributed by atoms with Crippen LogP contribution in [0, 0.1) is 29.0 Å². The number of rotatable bonds is 6. The van der Waals surface area contributed by atoms with E-state index in [2.05, 4.69) is 0 Å². The highest BCUT2D eigenvalue weighted by Crippen LogP contribution is 2.45. The van der Waals surface area contributed by atoms with Crippen LogP contribution in [0.25, 0.3) is 0 Å². The molecular weight excluding hydrogens is 380 g/mol. The SMILES string of the molecule is [2H]C1=C([2H])[C@]([2H])(C([2H])([2H])[2H])[C@]([2H])(CC[C@@H]2CC(O)CC(=O)O2)[C@]2([2H])C1=C([2H])[C@]([2H])(C([2H])([2H])[2H])C([2H])([2H])[C@]2([2H])OC(=O)C(C)(C)CC. The fourth-order valence-electron chi connectivity index (χ4n) is 3.26. The molecule has 3 aliphatic rings. The van der Waals surface area contributed by atoms with Crippen LogP contribution in [0.1, 0.15) is 94.9 Å². The Hall–Kier alpha value is -1.62. The number of allylic oxidation sites excluding steroid dienone is 3. The van der Waals surface area contributed by atoms with Gasteiger partial charge in [-0.15, -0.1) is 0 Å². The highest BCUT2D eigenvalue weighted by Gasteiger charge is 2.43. The molecule has 0 spiro atoms. The Morgan fingerprint density at radius 1 is 1.47 bits per heavy atom. The van der Waals surface area contributed by atoms with Crippen molar-refractivity contribution in [2.24, 2.45) is 29.0 Å². The maximum atomic E-state index is 13.6. The molecule has 2 aliphatic carbocycles. The van der Waals surface area contributed by atoms with Crippen LogP contribution in [-0.4, -0.2) is 35.3 Å². The summed E-state index contributed by atoms with van der Waals surface area (Å²) >= 11 is 0. The summed E-state index contributed by atoms with van der Waals surface area (Å²) in [7, 11) is 0. The van der Waals surface area contributed by atoms with E-state index in [1.165, 1.54) is 20.8 Å². The lowest BCUT2D eigenvalue weighted by Crippen LogP contribution is -2.43. The Morgan fingerprint density at radius 2 is 2.27 bits per heavy atom. The van der Waals surface area contributed by atoms with Crippen LogP contribution in [0.2, 0.25) is 0 Å². The lowest BCUT2D eigenvalue weighted by Gasteiger charge is -2.44. The first-order valence-corrected chi connectivity index (χ1v) is 9.92. The van der Waals surface area contributed by atoms with Gasteiger partial charge >= 0.3 is 11.9 Å². The van der Waals surface area contributed by atoms with E-state index in [4.69, 9.17) is 27.3 Å². The first kappa shape index (κ1) is 9.89. The van der Waals surface area contributed by atoms with Gasteiger partial charge < -0.3 is 14.6 Å². The Morgan fingerprint density at radius 3 is 2.93 bits per heavy atom. The van der Waals surface area contributed by atoms with E-state index in [0.717, 1.165) is 0 Å². The number of hydrogen-bond donors (Lipinski definition) is 1. The minimum absolute atomic E-state index is 0.0207. The van der Waals surface area contributed by atoms with Gasteiger partial charge in [-0.1, -0.05) is 38.8 Å². The topological polar surface area (TPSA) is 72.8 Å². The molecule has 0 bridgehead atoms. The van der Waals surface area contributed by atoms with Crippen LogP contribution in [0.5, 0.6) is 0 Å². The third-order valence-electron chi connectivity index (χ3n) is 5.46. The van der Waals surface area contributed by atoms with E-state index in [1.54, 1.807) is 0 Å². The summed E-state index contributed by atoms with van der Waals surface area (Å²) in [5, 5.41) is 10.1. The molecule has 3 rings (SSSR count). The number of carbonyl (C=O) groups excluding carboxylic acids is 2. The van der Waals surface area contributed by atoms with Crippen LogP contribution in [0.15, 0.2) is 23.7 Å². The van der Waals surface area contributed by atoms with Crippen molar-refractivity contribution in [3.05, 3.63) is 23.7 Å². The fraction of sp³-hybridized carbons (Fsp3) is 0.760. The highest BCUT2D eigenvalue weighted by molar-refractivity contribution is 5.76. The average molecular weight is 435 g/mol. The van der Waals surface area contributed by atoms with Crippen LogP contribution < -0.4 is 0 Å². The van der Waals surface area contributed by atoms with Gasteiger partial charge in [0.05, 0.1) is 23.4 Å². The number of cyclic esters (lactones) is 1. The quantitative estimate of drug-likeness (QED) is 0.619. The van der Waals surface area contributed by atoms with Crippen molar-refractivity contribution in [1.82, 2.24) is 0 Å². The molecule has 0 aromatic heterocycles. The zero-order valence-electron chi connectivity index (χ0n) is 33.3. The third-order valence-corrected chi connectivity index (χ3v) is 5.46. The molecule has 1 heterocycles. The van der Waals surface area contributed by atoms with E-state index >= 15 is 0 Å². The third kappa shape index (κ3) is 5.16. The summed E-state index contributed by atoms with van der Waals surface area (Å²) in [4.78, 5) is 25.6. The van der Waals surface area contributed by atoms with E-state index in [0.29, 0.717) is 0 Å². The Bertz CT molecular complexity index is 1360. The summed E-state index contributed by atoms with van der Waals surface area (Å²) in [5.74, 6) is -17.3. The van der Waals surface area contributed by atoms with Crippen molar-refractivity contribution < 1.29 is 46.1 Å². The second-order valence-corrected chi connectivity index (χ2v) is 8.18. The Balaban J connectivity index is 2.59. The summed E-state index contributed by atoms with van der Waals surface area (Å²) in [6, 6.07) is -4.64. The molecule has 1 N–H and O–H groups in total. The van der Waals surface area contributed by atoms with E-state index in [1.807, 2.05) is 0 Å². The van der Waals surface area contributed by atoms with E-state index in [-0.39, 0.29) is 19.3 Å². The van der Waals surface area contributed by atoms with Crippen LogP contribution in [0.3, 0.4) is 0 Å². The smallest absolute Gasteiger partial charge is 0.311 e. The normalized spacial score (nSPS) is 60.1. The zero-order chi connectivity index (χ0) is 36.1. The number of hydrogen-bond acceptors (Lipinski definition) is 5. The van der Waals surface area contributed by atoms with Crippen LogP contribution in [-0.2, 0) is 19.1 Å². The number of aliphatic hydroxyl groups is 1. The molecule has 0 aromatic rings. The lowest BCUT2D eigenvalue weighted by molar-refractivity contribution is -0.166. The summed E-state index contributed by atoms with van der Waals surface area (Å²) in [5.41, 5.74) is -2.97. The first-order valence-electron chi connectivity index (χ1n) is 17.9. The number of esters is 2. The standard InChI is InChI=1S/C25H38O5/c1-6-25(4,5)24(28)30-21-12-15(2)11-17-8-7-16(3)20(23(17)21)10-9-19-13-18(26)14-22(27)29-19/h7-8,11,15-16,18-21,23,26H,6,9-10,12-14H2,1-5H3/t15-,16-,18?,19+,20-,21-,23-/m0/s1/i2D3,3D3,7D,8D,11D,12D2,15D,16D,20D,21D,23D. The van der Waals surface area contributed by atoms with Gasteiger partial charge in [-0.25, -0.2) is 0 Å². The van der Waals surface area contributed by atoms with Crippen molar-refractivity contribution in [2.75, 3.05) is 0 Å². The summed E-state index contributed by atoms with van der Waals surface area (Å²) < 4.78 is 150. The van der Waals surface area contributed by atoms with Gasteiger partial charge in [0.25, 0.3) is 0 Å². The minimum atomic E-state index is -4.14. The van der Waals surface area contributed by atoms with Gasteiger partial charge in [-0.05, 0) is 62.7 Å². The number of ether oxygens (including phenoxy) is 2. The van der Waals surface area contributed by atoms with Gasteiger partial charge in [0, 0.05) is 28.8 Å². The van der Waals surface area contributed by atoms with Crippen LogP contribution >= 0.6 is 0 Å². The molecule has 1 saturated heterocycles. The van der Waals surface area contributed by atoms with Crippen molar-refractivity contribution in [1.29, 1.82) is 0 Å². The first-order chi connectivity index (χ1) is 20.4. The molecular formula is C25H38O5.